The van der Waals surface area contributed by atoms with Crippen LogP contribution in [0.2, 0.25) is 5.02 Å². The number of para-hydroxylation sites is 1. The number of halogens is 2. The van der Waals surface area contributed by atoms with Gasteiger partial charge in [0, 0.05) is 28.6 Å². The van der Waals surface area contributed by atoms with Crippen LogP contribution in [-0.4, -0.2) is 18.8 Å². The third-order valence-electron chi connectivity index (χ3n) is 3.45. The number of rotatable bonds is 5. The molecule has 0 saturated carbocycles. The van der Waals surface area contributed by atoms with Crippen molar-refractivity contribution in [1.29, 1.82) is 0 Å². The van der Waals surface area contributed by atoms with Crippen LogP contribution in [-0.2, 0) is 0 Å². The van der Waals surface area contributed by atoms with E-state index >= 15 is 0 Å². The molecule has 0 spiro atoms. The topological polar surface area (TPSA) is 55.5 Å². The number of hydrogen-bond donors (Lipinski definition) is 2. The van der Waals surface area contributed by atoms with Crippen LogP contribution in [0, 0.1) is 5.82 Å². The smallest absolute Gasteiger partial charge is 0.129 e. The first-order chi connectivity index (χ1) is 10.1. The lowest BCUT2D eigenvalue weighted by atomic mass is 9.88. The molecular weight excluding hydrogens is 293 g/mol. The zero-order valence-corrected chi connectivity index (χ0v) is 12.3. The predicted molar refractivity (Wildman–Crippen MR) is 81.2 cm³/mol. The van der Waals surface area contributed by atoms with Crippen molar-refractivity contribution < 1.29 is 14.2 Å². The average molecular weight is 310 g/mol. The minimum atomic E-state index is -1.11. The summed E-state index contributed by atoms with van der Waals surface area (Å²) >= 11 is 5.88. The van der Waals surface area contributed by atoms with Gasteiger partial charge in [-0.05, 0) is 24.3 Å². The van der Waals surface area contributed by atoms with E-state index in [2.05, 4.69) is 0 Å². The molecule has 0 aliphatic rings. The van der Waals surface area contributed by atoms with Gasteiger partial charge in [0.25, 0.3) is 0 Å². The average Bonchev–Trinajstić information content (AvgIpc) is 2.50. The van der Waals surface area contributed by atoms with Crippen LogP contribution < -0.4 is 10.5 Å². The Balaban J connectivity index is 2.43. The van der Waals surface area contributed by atoms with Crippen LogP contribution in [0.4, 0.5) is 4.39 Å². The molecule has 2 rings (SSSR count). The van der Waals surface area contributed by atoms with E-state index in [1.54, 1.807) is 13.2 Å². The summed E-state index contributed by atoms with van der Waals surface area (Å²) in [5.74, 6) is -0.399. The molecule has 112 valence electrons. The maximum absolute atomic E-state index is 13.9. The Bertz CT molecular complexity index is 621. The van der Waals surface area contributed by atoms with Crippen LogP contribution in [0.5, 0.6) is 5.75 Å². The van der Waals surface area contributed by atoms with Crippen LogP contribution in [0.25, 0.3) is 0 Å². The molecule has 0 aliphatic carbocycles. The molecule has 3 N–H and O–H groups in total. The summed E-state index contributed by atoms with van der Waals surface area (Å²) < 4.78 is 19.2. The first-order valence-electron chi connectivity index (χ1n) is 6.54. The second kappa shape index (κ2) is 6.89. The third kappa shape index (κ3) is 3.35. The Hall–Kier alpha value is -1.62. The molecule has 0 saturated heterocycles. The highest BCUT2D eigenvalue weighted by Gasteiger charge is 2.26. The third-order valence-corrected chi connectivity index (χ3v) is 3.69. The van der Waals surface area contributed by atoms with Gasteiger partial charge in [-0.2, -0.15) is 0 Å². The van der Waals surface area contributed by atoms with Crippen molar-refractivity contribution in [2.24, 2.45) is 5.73 Å². The summed E-state index contributed by atoms with van der Waals surface area (Å²) in [5, 5.41) is 10.9. The van der Waals surface area contributed by atoms with Crippen LogP contribution in [0.3, 0.4) is 0 Å². The molecule has 2 aromatic carbocycles. The Labute approximate surface area is 128 Å². The van der Waals surface area contributed by atoms with Gasteiger partial charge in [-0.1, -0.05) is 29.8 Å². The molecule has 0 aromatic heterocycles. The quantitative estimate of drug-likeness (QED) is 0.891. The van der Waals surface area contributed by atoms with Gasteiger partial charge in [-0.25, -0.2) is 4.39 Å². The maximum Gasteiger partial charge on any atom is 0.129 e. The van der Waals surface area contributed by atoms with Crippen molar-refractivity contribution in [3.63, 3.8) is 0 Å². The highest BCUT2D eigenvalue weighted by molar-refractivity contribution is 6.30. The largest absolute Gasteiger partial charge is 0.496 e. The molecular formula is C16H17ClFNO2. The number of nitrogens with two attached hydrogens (primary N) is 1. The SMILES string of the molecule is COc1ccccc1C(CN)C(O)c1cc(Cl)ccc1F. The summed E-state index contributed by atoms with van der Waals surface area (Å²) in [6.45, 7) is 0.146. The lowest BCUT2D eigenvalue weighted by molar-refractivity contribution is 0.141. The maximum atomic E-state index is 13.9. The molecule has 0 bridgehead atoms. The van der Waals surface area contributed by atoms with Crippen molar-refractivity contribution >= 4 is 11.6 Å². The van der Waals surface area contributed by atoms with Gasteiger partial charge < -0.3 is 15.6 Å². The van der Waals surface area contributed by atoms with Crippen molar-refractivity contribution in [3.05, 3.63) is 64.4 Å². The van der Waals surface area contributed by atoms with Gasteiger partial charge in [-0.3, -0.25) is 0 Å². The fraction of sp³-hybridized carbons (Fsp3) is 0.250. The summed E-state index contributed by atoms with van der Waals surface area (Å²) in [6, 6.07) is 11.3. The number of ether oxygens (including phenoxy) is 1. The van der Waals surface area contributed by atoms with Gasteiger partial charge in [-0.15, -0.1) is 0 Å². The first-order valence-corrected chi connectivity index (χ1v) is 6.92. The Morgan fingerprint density at radius 1 is 1.24 bits per heavy atom. The van der Waals surface area contributed by atoms with Crippen LogP contribution in [0.1, 0.15) is 23.1 Å². The van der Waals surface area contributed by atoms with Crippen LogP contribution >= 0.6 is 11.6 Å². The van der Waals surface area contributed by atoms with E-state index in [0.29, 0.717) is 10.8 Å². The Morgan fingerprint density at radius 2 is 1.95 bits per heavy atom. The van der Waals surface area contributed by atoms with Gasteiger partial charge in [0.2, 0.25) is 0 Å². The molecule has 3 nitrogen and oxygen atoms in total. The summed E-state index contributed by atoms with van der Waals surface area (Å²) in [4.78, 5) is 0. The van der Waals surface area contributed by atoms with E-state index in [1.807, 2.05) is 18.2 Å². The normalized spacial score (nSPS) is 13.8. The highest BCUT2D eigenvalue weighted by atomic mass is 35.5. The van der Waals surface area contributed by atoms with E-state index in [-0.39, 0.29) is 12.1 Å². The minimum absolute atomic E-state index is 0.129. The van der Waals surface area contributed by atoms with E-state index in [0.717, 1.165) is 5.56 Å². The second-order valence-corrected chi connectivity index (χ2v) is 5.13. The molecule has 0 radical (unpaired) electrons. The zero-order valence-electron chi connectivity index (χ0n) is 11.6. The number of hydrogen-bond acceptors (Lipinski definition) is 3. The predicted octanol–water partition coefficient (Wildman–Crippen LogP) is 3.26. The van der Waals surface area contributed by atoms with E-state index in [9.17, 15) is 9.50 Å². The first kappa shape index (κ1) is 15.8. The number of aliphatic hydroxyl groups is 1. The molecule has 0 fully saturated rings. The van der Waals surface area contributed by atoms with Gasteiger partial charge in [0.15, 0.2) is 0 Å². The molecule has 2 atom stereocenters. The van der Waals surface area contributed by atoms with Crippen molar-refractivity contribution in [1.82, 2.24) is 0 Å². The second-order valence-electron chi connectivity index (χ2n) is 4.69. The molecule has 0 heterocycles. The van der Waals surface area contributed by atoms with E-state index in [1.165, 1.54) is 18.2 Å². The van der Waals surface area contributed by atoms with Crippen molar-refractivity contribution in [2.45, 2.75) is 12.0 Å². The molecule has 0 aliphatic heterocycles. The van der Waals surface area contributed by atoms with Gasteiger partial charge >= 0.3 is 0 Å². The van der Waals surface area contributed by atoms with Gasteiger partial charge in [0.05, 0.1) is 13.2 Å². The fourth-order valence-electron chi connectivity index (χ4n) is 2.36. The highest BCUT2D eigenvalue weighted by Crippen LogP contribution is 2.36. The van der Waals surface area contributed by atoms with E-state index in [4.69, 9.17) is 22.1 Å². The molecule has 0 amide bonds. The van der Waals surface area contributed by atoms with Crippen molar-refractivity contribution in [2.75, 3.05) is 13.7 Å². The summed E-state index contributed by atoms with van der Waals surface area (Å²) in [7, 11) is 1.54. The van der Waals surface area contributed by atoms with Crippen molar-refractivity contribution in [3.8, 4) is 5.75 Å². The zero-order chi connectivity index (χ0) is 15.4. The fourth-order valence-corrected chi connectivity index (χ4v) is 2.54. The number of methoxy groups -OCH3 is 1. The molecule has 2 aromatic rings. The number of aliphatic hydroxyl groups excluding tert-OH is 1. The molecule has 5 heteroatoms. The minimum Gasteiger partial charge on any atom is -0.496 e. The monoisotopic (exact) mass is 309 g/mol. The molecule has 2 unspecified atom stereocenters. The summed E-state index contributed by atoms with van der Waals surface area (Å²) in [6.07, 6.45) is -1.11. The Morgan fingerprint density at radius 3 is 2.62 bits per heavy atom. The Kier molecular flexibility index (Phi) is 5.17. The lowest BCUT2D eigenvalue weighted by Gasteiger charge is -2.24. The lowest BCUT2D eigenvalue weighted by Crippen LogP contribution is -2.21. The van der Waals surface area contributed by atoms with Gasteiger partial charge in [0.1, 0.15) is 11.6 Å². The standard InChI is InChI=1S/C16H17ClFNO2/c1-21-15-5-3-2-4-11(15)13(9-19)16(20)12-8-10(17)6-7-14(12)18/h2-8,13,16,20H,9,19H2,1H3. The van der Waals surface area contributed by atoms with E-state index < -0.39 is 17.8 Å². The van der Waals surface area contributed by atoms with Crippen LogP contribution in [0.15, 0.2) is 42.5 Å². The summed E-state index contributed by atoms with van der Waals surface area (Å²) in [5.41, 5.74) is 6.64. The number of benzene rings is 2. The molecule has 21 heavy (non-hydrogen) atoms.